The van der Waals surface area contributed by atoms with Crippen molar-refractivity contribution >= 4 is 5.97 Å². The predicted octanol–water partition coefficient (Wildman–Crippen LogP) is 0.412. The Labute approximate surface area is 103 Å². The van der Waals surface area contributed by atoms with Crippen molar-refractivity contribution in [3.63, 3.8) is 0 Å². The first-order valence-corrected chi connectivity index (χ1v) is 5.39. The molecular weight excluding hydrogens is 236 g/mol. The average Bonchev–Trinajstić information content (AvgIpc) is 2.87. The van der Waals surface area contributed by atoms with E-state index in [4.69, 9.17) is 5.11 Å². The summed E-state index contributed by atoms with van der Waals surface area (Å²) in [6.45, 7) is 3.37. The van der Waals surface area contributed by atoms with Crippen LogP contribution < -0.4 is 0 Å². The van der Waals surface area contributed by atoms with Gasteiger partial charge in [-0.25, -0.2) is 4.68 Å². The smallest absolute Gasteiger partial charge is 0.308 e. The molecule has 0 fully saturated rings. The van der Waals surface area contributed by atoms with Crippen molar-refractivity contribution in [3.05, 3.63) is 18.5 Å². The van der Waals surface area contributed by atoms with Gasteiger partial charge in [0.15, 0.2) is 5.82 Å². The maximum Gasteiger partial charge on any atom is 0.308 e. The van der Waals surface area contributed by atoms with E-state index in [0.717, 1.165) is 0 Å². The molecule has 2 unspecified atom stereocenters. The van der Waals surface area contributed by atoms with Crippen LogP contribution in [0.5, 0.6) is 0 Å². The Kier molecular flexibility index (Phi) is 3.26. The molecule has 0 saturated heterocycles. The zero-order chi connectivity index (χ0) is 13.1. The highest BCUT2D eigenvalue weighted by Crippen LogP contribution is 2.22. The van der Waals surface area contributed by atoms with E-state index in [1.807, 2.05) is 0 Å². The molecule has 0 amide bonds. The lowest BCUT2D eigenvalue weighted by Gasteiger charge is -2.16. The molecule has 2 atom stereocenters. The van der Waals surface area contributed by atoms with Gasteiger partial charge in [-0.1, -0.05) is 0 Å². The fourth-order valence-electron chi connectivity index (χ4n) is 1.50. The molecule has 0 aliphatic heterocycles. The molecule has 18 heavy (non-hydrogen) atoms. The molecule has 0 saturated carbocycles. The fourth-order valence-corrected chi connectivity index (χ4v) is 1.50. The van der Waals surface area contributed by atoms with Gasteiger partial charge in [0.1, 0.15) is 0 Å². The SMILES string of the molecule is CC(C(=O)O)C(C)n1nnnc1-c1ccnnc1. The van der Waals surface area contributed by atoms with Gasteiger partial charge < -0.3 is 5.11 Å². The van der Waals surface area contributed by atoms with Crippen molar-refractivity contribution in [2.75, 3.05) is 0 Å². The number of aliphatic carboxylic acids is 1. The van der Waals surface area contributed by atoms with Crippen molar-refractivity contribution in [1.82, 2.24) is 30.4 Å². The van der Waals surface area contributed by atoms with E-state index < -0.39 is 11.9 Å². The highest BCUT2D eigenvalue weighted by Gasteiger charge is 2.24. The van der Waals surface area contributed by atoms with Crippen LogP contribution in [0.2, 0.25) is 0 Å². The van der Waals surface area contributed by atoms with Gasteiger partial charge in [-0.3, -0.25) is 4.79 Å². The first-order chi connectivity index (χ1) is 8.61. The predicted molar refractivity (Wildman–Crippen MR) is 60.4 cm³/mol. The average molecular weight is 248 g/mol. The van der Waals surface area contributed by atoms with E-state index in [2.05, 4.69) is 25.7 Å². The Balaban J connectivity index is 2.37. The number of aromatic nitrogens is 6. The minimum absolute atomic E-state index is 0.360. The van der Waals surface area contributed by atoms with Gasteiger partial charge >= 0.3 is 5.97 Å². The quantitative estimate of drug-likeness (QED) is 0.834. The summed E-state index contributed by atoms with van der Waals surface area (Å²) in [5.74, 6) is -1.01. The van der Waals surface area contributed by atoms with Gasteiger partial charge in [0.05, 0.1) is 24.4 Å². The highest BCUT2D eigenvalue weighted by atomic mass is 16.4. The van der Waals surface area contributed by atoms with Gasteiger partial charge in [0, 0.05) is 5.56 Å². The number of nitrogens with zero attached hydrogens (tertiary/aromatic N) is 6. The van der Waals surface area contributed by atoms with E-state index in [1.165, 1.54) is 17.1 Å². The van der Waals surface area contributed by atoms with E-state index in [1.54, 1.807) is 19.9 Å². The monoisotopic (exact) mass is 248 g/mol. The number of rotatable bonds is 4. The molecule has 94 valence electrons. The number of hydrogen-bond acceptors (Lipinski definition) is 6. The van der Waals surface area contributed by atoms with Crippen molar-refractivity contribution in [1.29, 1.82) is 0 Å². The van der Waals surface area contributed by atoms with Crippen LogP contribution in [0.25, 0.3) is 11.4 Å². The molecule has 0 spiro atoms. The second-order valence-corrected chi connectivity index (χ2v) is 3.95. The first kappa shape index (κ1) is 12.1. The van der Waals surface area contributed by atoms with Gasteiger partial charge in [0.2, 0.25) is 0 Å². The molecule has 1 N–H and O–H groups in total. The van der Waals surface area contributed by atoms with Gasteiger partial charge in [-0.05, 0) is 30.3 Å². The van der Waals surface area contributed by atoms with E-state index in [0.29, 0.717) is 11.4 Å². The topological polar surface area (TPSA) is 107 Å². The van der Waals surface area contributed by atoms with Crippen LogP contribution in [0.4, 0.5) is 0 Å². The van der Waals surface area contributed by atoms with Crippen LogP contribution >= 0.6 is 0 Å². The van der Waals surface area contributed by atoms with E-state index >= 15 is 0 Å². The van der Waals surface area contributed by atoms with Crippen LogP contribution in [0, 0.1) is 5.92 Å². The lowest BCUT2D eigenvalue weighted by atomic mass is 10.0. The molecule has 0 radical (unpaired) electrons. The molecule has 0 aromatic carbocycles. The second-order valence-electron chi connectivity index (χ2n) is 3.95. The standard InChI is InChI=1S/C10H12N6O2/c1-6(10(17)18)7(2)16-9(13-14-15-16)8-3-4-11-12-5-8/h3-7H,1-2H3,(H,17,18). The zero-order valence-electron chi connectivity index (χ0n) is 9.93. The molecule has 2 rings (SSSR count). The van der Waals surface area contributed by atoms with Crippen LogP contribution in [-0.2, 0) is 4.79 Å². The van der Waals surface area contributed by atoms with Crippen LogP contribution in [0.3, 0.4) is 0 Å². The van der Waals surface area contributed by atoms with Gasteiger partial charge in [0.25, 0.3) is 0 Å². The van der Waals surface area contributed by atoms with Crippen LogP contribution in [-0.4, -0.2) is 41.5 Å². The number of hydrogen-bond donors (Lipinski definition) is 1. The summed E-state index contributed by atoms with van der Waals surface area (Å²) in [5, 5.41) is 27.7. The molecule has 2 heterocycles. The lowest BCUT2D eigenvalue weighted by molar-refractivity contribution is -0.142. The maximum atomic E-state index is 11.0. The second kappa shape index (κ2) is 4.86. The van der Waals surface area contributed by atoms with Gasteiger partial charge in [-0.15, -0.1) is 5.10 Å². The third-order valence-electron chi connectivity index (χ3n) is 2.83. The normalized spacial score (nSPS) is 14.1. The Hall–Kier alpha value is -2.38. The molecule has 0 bridgehead atoms. The van der Waals surface area contributed by atoms with Crippen molar-refractivity contribution in [2.24, 2.45) is 5.92 Å². The van der Waals surface area contributed by atoms with E-state index in [9.17, 15) is 4.79 Å². The largest absolute Gasteiger partial charge is 0.481 e. The number of carboxylic acids is 1. The summed E-state index contributed by atoms with van der Waals surface area (Å²) < 4.78 is 1.48. The molecule has 0 aliphatic rings. The number of carboxylic acid groups (broad SMARTS) is 1. The van der Waals surface area contributed by atoms with Gasteiger partial charge in [-0.2, -0.15) is 10.2 Å². The highest BCUT2D eigenvalue weighted by molar-refractivity contribution is 5.70. The number of tetrazole rings is 1. The molecule has 0 aliphatic carbocycles. The summed E-state index contributed by atoms with van der Waals surface area (Å²) in [7, 11) is 0. The fraction of sp³-hybridized carbons (Fsp3) is 0.400. The molecule has 2 aromatic rings. The summed E-state index contributed by atoms with van der Waals surface area (Å²) in [6.07, 6.45) is 3.06. The third kappa shape index (κ3) is 2.17. The molecular formula is C10H12N6O2. The summed E-state index contributed by atoms with van der Waals surface area (Å²) >= 11 is 0. The Morgan fingerprint density at radius 1 is 1.39 bits per heavy atom. The Morgan fingerprint density at radius 3 is 2.78 bits per heavy atom. The van der Waals surface area contributed by atoms with Crippen LogP contribution in [0.15, 0.2) is 18.5 Å². The number of carbonyl (C=O) groups is 1. The van der Waals surface area contributed by atoms with E-state index in [-0.39, 0.29) is 6.04 Å². The zero-order valence-corrected chi connectivity index (χ0v) is 9.93. The van der Waals surface area contributed by atoms with Crippen molar-refractivity contribution in [2.45, 2.75) is 19.9 Å². The summed E-state index contributed by atoms with van der Waals surface area (Å²) in [6, 6.07) is 1.36. The third-order valence-corrected chi connectivity index (χ3v) is 2.83. The minimum atomic E-state index is -0.892. The Morgan fingerprint density at radius 2 is 2.17 bits per heavy atom. The van der Waals surface area contributed by atoms with Crippen LogP contribution in [0.1, 0.15) is 19.9 Å². The molecule has 8 nitrogen and oxygen atoms in total. The lowest BCUT2D eigenvalue weighted by Crippen LogP contribution is -2.23. The maximum absolute atomic E-state index is 11.0. The Bertz CT molecular complexity index is 540. The summed E-state index contributed by atoms with van der Waals surface area (Å²) in [4.78, 5) is 11.0. The summed E-state index contributed by atoms with van der Waals surface area (Å²) in [5.41, 5.74) is 0.694. The molecule has 2 aromatic heterocycles. The molecule has 8 heteroatoms. The van der Waals surface area contributed by atoms with Crippen molar-refractivity contribution in [3.8, 4) is 11.4 Å². The first-order valence-electron chi connectivity index (χ1n) is 5.39. The minimum Gasteiger partial charge on any atom is -0.481 e. The van der Waals surface area contributed by atoms with Crippen molar-refractivity contribution < 1.29 is 9.90 Å².